The summed E-state index contributed by atoms with van der Waals surface area (Å²) in [7, 11) is 0. The number of piperidine rings is 2. The van der Waals surface area contributed by atoms with Gasteiger partial charge in [0.15, 0.2) is 23.0 Å². The number of carbonyl (C=O) groups excluding carboxylic acids is 2. The quantitative estimate of drug-likeness (QED) is 0.228. The van der Waals surface area contributed by atoms with E-state index in [9.17, 15) is 9.59 Å². The molecular weight excluding hydrogens is 634 g/mol. The van der Waals surface area contributed by atoms with Gasteiger partial charge in [-0.05, 0) is 122 Å². The second-order valence-electron chi connectivity index (χ2n) is 15.5. The Labute approximate surface area is 293 Å². The third-order valence-electron chi connectivity index (χ3n) is 9.32. The number of allylic oxidation sites excluding steroid dienone is 1. The maximum Gasteiger partial charge on any atom is 0.410 e. The number of carbonyl (C=O) groups is 2. The van der Waals surface area contributed by atoms with Crippen LogP contribution in [0.1, 0.15) is 104 Å². The van der Waals surface area contributed by atoms with Gasteiger partial charge in [-0.1, -0.05) is 6.07 Å². The summed E-state index contributed by atoms with van der Waals surface area (Å²) in [6.07, 6.45) is 9.45. The van der Waals surface area contributed by atoms with Gasteiger partial charge in [0.25, 0.3) is 0 Å². The van der Waals surface area contributed by atoms with E-state index < -0.39 is 11.2 Å². The molecule has 2 fully saturated rings. The number of benzene rings is 2. The number of imidazole rings is 1. The van der Waals surface area contributed by atoms with Crippen LogP contribution in [0.3, 0.4) is 0 Å². The number of nitrogens with zero attached hydrogens (tertiary/aromatic N) is 4. The summed E-state index contributed by atoms with van der Waals surface area (Å²) in [6.45, 7) is 12.6. The van der Waals surface area contributed by atoms with Gasteiger partial charge in [0.2, 0.25) is 0 Å². The lowest BCUT2D eigenvalue weighted by atomic mass is 9.93. The second-order valence-corrected chi connectivity index (χ2v) is 15.5. The van der Waals surface area contributed by atoms with Gasteiger partial charge >= 0.3 is 12.2 Å². The highest BCUT2D eigenvalue weighted by Gasteiger charge is 2.36. The first-order valence-electron chi connectivity index (χ1n) is 17.8. The Morgan fingerprint density at radius 2 is 1.32 bits per heavy atom. The molecule has 4 aliphatic rings. The number of likely N-dealkylation sites (tertiary alicyclic amines) is 2. The fourth-order valence-electron chi connectivity index (χ4n) is 7.00. The molecule has 2 amide bonds. The molecule has 50 heavy (non-hydrogen) atoms. The summed E-state index contributed by atoms with van der Waals surface area (Å²) in [5, 5.41) is 0. The zero-order valence-corrected chi connectivity index (χ0v) is 29.9. The van der Waals surface area contributed by atoms with Crippen LogP contribution >= 0.6 is 0 Å². The molecule has 4 aliphatic heterocycles. The molecule has 11 heteroatoms. The minimum absolute atomic E-state index is 0.0665. The summed E-state index contributed by atoms with van der Waals surface area (Å²) < 4.78 is 24.1. The highest BCUT2D eigenvalue weighted by molar-refractivity contribution is 6.02. The van der Waals surface area contributed by atoms with Crippen LogP contribution in [0.25, 0.3) is 16.8 Å². The molecule has 0 bridgehead atoms. The standard InChI is InChI=1S/C39H47N5O6/c1-38(2,3)49-36(45)43-17-9-7-11-29(43)27-19-26(22-40-27)24-13-15-31-33(20-24)47-32-16-14-25(21-34(32)48-31)28-23-41-35(42-28)30-12-8-10-18-44(30)37(46)50-39(4,5)6/h13-16,20-23,29-30H,7-12,17-19H2,1-6H3,(H,41,42)/t29-,30-/m0/s1. The molecule has 3 aromatic rings. The first kappa shape index (κ1) is 33.7. The highest BCUT2D eigenvalue weighted by Crippen LogP contribution is 2.48. The Morgan fingerprint density at radius 1 is 0.760 bits per heavy atom. The molecule has 7 rings (SSSR count). The molecule has 0 aliphatic carbocycles. The van der Waals surface area contributed by atoms with Crippen LogP contribution in [-0.4, -0.2) is 68.0 Å². The number of aromatic amines is 1. The van der Waals surface area contributed by atoms with Gasteiger partial charge in [-0.25, -0.2) is 14.6 Å². The van der Waals surface area contributed by atoms with Gasteiger partial charge in [0.1, 0.15) is 17.0 Å². The molecule has 0 spiro atoms. The van der Waals surface area contributed by atoms with Gasteiger partial charge in [-0.15, -0.1) is 0 Å². The minimum atomic E-state index is -0.563. The summed E-state index contributed by atoms with van der Waals surface area (Å²) >= 11 is 0. The second kappa shape index (κ2) is 13.2. The molecule has 11 nitrogen and oxygen atoms in total. The lowest BCUT2D eigenvalue weighted by molar-refractivity contribution is 0.00842. The predicted molar refractivity (Wildman–Crippen MR) is 191 cm³/mol. The number of hydrogen-bond donors (Lipinski definition) is 1. The third kappa shape index (κ3) is 7.22. The number of fused-ring (bicyclic) bond motifs is 2. The summed E-state index contributed by atoms with van der Waals surface area (Å²) in [5.74, 6) is 3.23. The van der Waals surface area contributed by atoms with E-state index in [-0.39, 0.29) is 24.3 Å². The van der Waals surface area contributed by atoms with Crippen molar-refractivity contribution in [1.29, 1.82) is 0 Å². The van der Waals surface area contributed by atoms with Crippen LogP contribution < -0.4 is 9.47 Å². The Balaban J connectivity index is 1.02. The van der Waals surface area contributed by atoms with Crippen LogP contribution in [0, 0.1) is 0 Å². The summed E-state index contributed by atoms with van der Waals surface area (Å²) in [4.78, 5) is 42.6. The number of rotatable bonds is 4. The number of H-pyrrole nitrogens is 1. The zero-order valence-electron chi connectivity index (χ0n) is 29.9. The van der Waals surface area contributed by atoms with Crippen LogP contribution in [0.4, 0.5) is 9.59 Å². The number of aliphatic imine (C=N–C) groups is 1. The van der Waals surface area contributed by atoms with E-state index in [1.807, 2.05) is 89.0 Å². The van der Waals surface area contributed by atoms with Crippen molar-refractivity contribution in [2.75, 3.05) is 13.1 Å². The first-order valence-corrected chi connectivity index (χ1v) is 17.8. The number of nitrogens with one attached hydrogen (secondary N) is 1. The lowest BCUT2D eigenvalue weighted by Crippen LogP contribution is -2.49. The fraction of sp³-hybridized carbons (Fsp3) is 0.487. The van der Waals surface area contributed by atoms with Crippen molar-refractivity contribution in [3.8, 4) is 34.3 Å². The molecule has 5 heterocycles. The molecule has 1 aromatic heterocycles. The molecular formula is C39H47N5O6. The number of aromatic nitrogens is 2. The molecule has 2 aromatic carbocycles. The first-order chi connectivity index (χ1) is 23.8. The van der Waals surface area contributed by atoms with E-state index >= 15 is 0 Å². The number of ether oxygens (including phenoxy) is 4. The summed E-state index contributed by atoms with van der Waals surface area (Å²) in [5.41, 5.74) is 3.67. The SMILES string of the molecule is CC(C)(C)OC(=O)N1CCCC[C@H]1C1=NC=C(c2ccc3c(c2)Oc2ccc(-c4cnc([C@@H]5CCCCN5C(=O)OC(C)(C)C)[nH]4)cc2O3)C1. The largest absolute Gasteiger partial charge is 0.449 e. The van der Waals surface area contributed by atoms with E-state index in [1.54, 1.807) is 11.1 Å². The topological polar surface area (TPSA) is 119 Å². The number of amides is 2. The molecule has 2 saturated heterocycles. The fourth-order valence-corrected chi connectivity index (χ4v) is 7.00. The average Bonchev–Trinajstić information content (AvgIpc) is 3.77. The van der Waals surface area contributed by atoms with E-state index in [0.717, 1.165) is 72.5 Å². The van der Waals surface area contributed by atoms with E-state index in [0.29, 0.717) is 42.5 Å². The van der Waals surface area contributed by atoms with Crippen LogP contribution in [-0.2, 0) is 9.47 Å². The zero-order chi connectivity index (χ0) is 35.2. The van der Waals surface area contributed by atoms with Crippen molar-refractivity contribution in [3.05, 3.63) is 60.2 Å². The molecule has 1 N–H and O–H groups in total. The normalized spacial score (nSPS) is 20.5. The third-order valence-corrected chi connectivity index (χ3v) is 9.32. The van der Waals surface area contributed by atoms with Gasteiger partial charge in [-0.2, -0.15) is 0 Å². The molecule has 264 valence electrons. The van der Waals surface area contributed by atoms with Crippen LogP contribution in [0.2, 0.25) is 0 Å². The smallest absolute Gasteiger partial charge is 0.410 e. The Morgan fingerprint density at radius 3 is 1.94 bits per heavy atom. The Bertz CT molecular complexity index is 1850. The molecule has 0 radical (unpaired) electrons. The number of hydrogen-bond acceptors (Lipinski definition) is 8. The maximum absolute atomic E-state index is 13.0. The van der Waals surface area contributed by atoms with Gasteiger partial charge in [0.05, 0.1) is 24.0 Å². The Kier molecular flexibility index (Phi) is 8.86. The van der Waals surface area contributed by atoms with Crippen LogP contribution in [0.5, 0.6) is 23.0 Å². The van der Waals surface area contributed by atoms with Gasteiger partial charge in [-0.3, -0.25) is 14.8 Å². The average molecular weight is 682 g/mol. The predicted octanol–water partition coefficient (Wildman–Crippen LogP) is 9.41. The highest BCUT2D eigenvalue weighted by atomic mass is 16.6. The lowest BCUT2D eigenvalue weighted by Gasteiger charge is -2.37. The van der Waals surface area contributed by atoms with Gasteiger partial charge in [0, 0.05) is 37.0 Å². The van der Waals surface area contributed by atoms with Crippen molar-refractivity contribution in [3.63, 3.8) is 0 Å². The van der Waals surface area contributed by atoms with Crippen molar-refractivity contribution < 1.29 is 28.5 Å². The van der Waals surface area contributed by atoms with E-state index in [1.165, 1.54) is 0 Å². The monoisotopic (exact) mass is 681 g/mol. The van der Waals surface area contributed by atoms with E-state index in [2.05, 4.69) is 9.97 Å². The molecule has 2 atom stereocenters. The molecule has 0 unspecified atom stereocenters. The van der Waals surface area contributed by atoms with Gasteiger partial charge < -0.3 is 23.9 Å². The maximum atomic E-state index is 13.0. The minimum Gasteiger partial charge on any atom is -0.449 e. The van der Waals surface area contributed by atoms with Crippen molar-refractivity contribution >= 4 is 23.5 Å². The van der Waals surface area contributed by atoms with Crippen molar-refractivity contribution in [2.24, 2.45) is 4.99 Å². The van der Waals surface area contributed by atoms with Crippen molar-refractivity contribution in [1.82, 2.24) is 19.8 Å². The van der Waals surface area contributed by atoms with Crippen molar-refractivity contribution in [2.45, 2.75) is 110 Å². The Hall–Kier alpha value is -4.80. The van der Waals surface area contributed by atoms with E-state index in [4.69, 9.17) is 23.9 Å². The van der Waals surface area contributed by atoms with Crippen LogP contribution in [0.15, 0.2) is 53.8 Å². The summed E-state index contributed by atoms with van der Waals surface area (Å²) in [6, 6.07) is 11.5. The molecule has 0 saturated carbocycles.